The summed E-state index contributed by atoms with van der Waals surface area (Å²) in [5.74, 6) is -1.45. The first-order valence-electron chi connectivity index (χ1n) is 5.94. The Hall–Kier alpha value is -0.0600. The van der Waals surface area contributed by atoms with Crippen LogP contribution in [0, 0.1) is 5.92 Å². The van der Waals surface area contributed by atoms with Crippen LogP contribution >= 0.6 is 0 Å². The van der Waals surface area contributed by atoms with E-state index in [2.05, 4.69) is 0 Å². The van der Waals surface area contributed by atoms with Crippen molar-refractivity contribution < 1.29 is 50.8 Å². The standard InChI is InChI=1S/C8H16O2.C4H8O2.Na.H/c1-3-5-7(6-4-2)8(9)10;1-2-3-4(5)6;;/h7H,3-6H2,1-2H3,(H,9,10);2-3H2,1H3,(H,5,6);;/q;;+1;-1. The van der Waals surface area contributed by atoms with Crippen LogP contribution in [0.5, 0.6) is 0 Å². The van der Waals surface area contributed by atoms with Crippen molar-refractivity contribution >= 4 is 11.9 Å². The van der Waals surface area contributed by atoms with Crippen molar-refractivity contribution in [2.45, 2.75) is 59.3 Å². The molecule has 0 amide bonds. The van der Waals surface area contributed by atoms with E-state index in [1.807, 2.05) is 20.8 Å². The number of rotatable bonds is 7. The summed E-state index contributed by atoms with van der Waals surface area (Å²) in [6, 6.07) is 0. The molecule has 0 aliphatic carbocycles. The zero-order valence-corrected chi connectivity index (χ0v) is 13.5. The van der Waals surface area contributed by atoms with Gasteiger partial charge in [0.25, 0.3) is 0 Å². The van der Waals surface area contributed by atoms with Crippen LogP contribution < -0.4 is 29.6 Å². The molecule has 0 aromatic heterocycles. The summed E-state index contributed by atoms with van der Waals surface area (Å²) in [6.45, 7) is 5.88. The zero-order valence-electron chi connectivity index (χ0n) is 12.5. The van der Waals surface area contributed by atoms with Crippen molar-refractivity contribution in [1.82, 2.24) is 0 Å². The quantitative estimate of drug-likeness (QED) is 0.641. The molecule has 0 rings (SSSR count). The minimum absolute atomic E-state index is 0. The van der Waals surface area contributed by atoms with Crippen LogP contribution in [-0.4, -0.2) is 22.2 Å². The van der Waals surface area contributed by atoms with E-state index >= 15 is 0 Å². The molecule has 98 valence electrons. The molecule has 0 unspecified atom stereocenters. The molecule has 0 bridgehead atoms. The van der Waals surface area contributed by atoms with Crippen molar-refractivity contribution in [2.75, 3.05) is 0 Å². The summed E-state index contributed by atoms with van der Waals surface area (Å²) in [7, 11) is 0. The molecule has 0 saturated carbocycles. The van der Waals surface area contributed by atoms with E-state index in [1.165, 1.54) is 0 Å². The predicted molar refractivity (Wildman–Crippen MR) is 64.6 cm³/mol. The Balaban J connectivity index is -0.000000108. The normalized spacial score (nSPS) is 8.94. The third-order valence-corrected chi connectivity index (χ3v) is 2.09. The minimum atomic E-state index is -0.711. The van der Waals surface area contributed by atoms with Crippen LogP contribution in [-0.2, 0) is 9.59 Å². The smallest absolute Gasteiger partial charge is 1.00 e. The second kappa shape index (κ2) is 15.9. The van der Waals surface area contributed by atoms with Gasteiger partial charge >= 0.3 is 41.5 Å². The van der Waals surface area contributed by atoms with Gasteiger partial charge in [0.1, 0.15) is 0 Å². The third-order valence-electron chi connectivity index (χ3n) is 2.09. The molecule has 17 heavy (non-hydrogen) atoms. The molecule has 0 aromatic carbocycles. The number of hydrogen-bond donors (Lipinski definition) is 2. The first-order chi connectivity index (χ1) is 7.49. The van der Waals surface area contributed by atoms with E-state index in [9.17, 15) is 9.59 Å². The fourth-order valence-corrected chi connectivity index (χ4v) is 1.30. The van der Waals surface area contributed by atoms with E-state index in [0.29, 0.717) is 6.42 Å². The summed E-state index contributed by atoms with van der Waals surface area (Å²) in [4.78, 5) is 20.1. The SMILES string of the molecule is CCCC(=O)O.CCCC(CCC)C(=O)O.[H-].[Na+]. The Kier molecular flexibility index (Phi) is 20.8. The average molecular weight is 256 g/mol. The molecule has 0 spiro atoms. The van der Waals surface area contributed by atoms with Gasteiger partial charge in [-0.15, -0.1) is 0 Å². The largest absolute Gasteiger partial charge is 1.00 e. The molecule has 0 atom stereocenters. The maximum atomic E-state index is 10.5. The second-order valence-corrected chi connectivity index (χ2v) is 3.76. The Morgan fingerprint density at radius 3 is 1.53 bits per heavy atom. The monoisotopic (exact) mass is 256 g/mol. The zero-order chi connectivity index (χ0) is 13.0. The van der Waals surface area contributed by atoms with E-state index in [-0.39, 0.29) is 36.9 Å². The second-order valence-electron chi connectivity index (χ2n) is 3.76. The van der Waals surface area contributed by atoms with Gasteiger partial charge in [-0.1, -0.05) is 33.6 Å². The number of carbonyl (C=O) groups is 2. The average Bonchev–Trinajstić information content (AvgIpc) is 2.18. The maximum Gasteiger partial charge on any atom is 1.00 e. The molecule has 0 radical (unpaired) electrons. The van der Waals surface area contributed by atoms with Crippen LogP contribution in [0.3, 0.4) is 0 Å². The Morgan fingerprint density at radius 1 is 1.00 bits per heavy atom. The topological polar surface area (TPSA) is 74.6 Å². The van der Waals surface area contributed by atoms with Gasteiger partial charge in [-0.05, 0) is 19.3 Å². The van der Waals surface area contributed by atoms with Gasteiger partial charge in [0, 0.05) is 6.42 Å². The number of hydrogen-bond acceptors (Lipinski definition) is 2. The molecule has 0 aliphatic heterocycles. The van der Waals surface area contributed by atoms with E-state index in [1.54, 1.807) is 0 Å². The molecule has 0 saturated heterocycles. The Bertz CT molecular complexity index is 195. The van der Waals surface area contributed by atoms with Gasteiger partial charge in [0.15, 0.2) is 0 Å². The molecule has 0 fully saturated rings. The molecule has 5 heteroatoms. The third kappa shape index (κ3) is 18.5. The number of aliphatic carboxylic acids is 2. The summed E-state index contributed by atoms with van der Waals surface area (Å²) >= 11 is 0. The van der Waals surface area contributed by atoms with Crippen LogP contribution in [0.2, 0.25) is 0 Å². The van der Waals surface area contributed by atoms with Crippen molar-refractivity contribution in [3.63, 3.8) is 0 Å². The summed E-state index contributed by atoms with van der Waals surface area (Å²) < 4.78 is 0. The van der Waals surface area contributed by atoms with Crippen LogP contribution in [0.1, 0.15) is 60.7 Å². The van der Waals surface area contributed by atoms with Gasteiger partial charge < -0.3 is 11.6 Å². The van der Waals surface area contributed by atoms with Crippen molar-refractivity contribution in [1.29, 1.82) is 0 Å². The van der Waals surface area contributed by atoms with Crippen molar-refractivity contribution in [2.24, 2.45) is 5.92 Å². The molecule has 4 nitrogen and oxygen atoms in total. The number of carboxylic acid groups (broad SMARTS) is 2. The van der Waals surface area contributed by atoms with E-state index in [0.717, 1.165) is 32.1 Å². The molecular formula is C12H25NaO4. The van der Waals surface area contributed by atoms with E-state index in [4.69, 9.17) is 10.2 Å². The summed E-state index contributed by atoms with van der Waals surface area (Å²) in [5, 5.41) is 16.5. The molecule has 0 heterocycles. The molecule has 0 aromatic rings. The van der Waals surface area contributed by atoms with E-state index < -0.39 is 11.9 Å². The maximum absolute atomic E-state index is 10.5. The van der Waals surface area contributed by atoms with Gasteiger partial charge in [-0.25, -0.2) is 0 Å². The van der Waals surface area contributed by atoms with Crippen LogP contribution in [0.15, 0.2) is 0 Å². The first-order valence-corrected chi connectivity index (χ1v) is 5.94. The van der Waals surface area contributed by atoms with Gasteiger partial charge in [-0.2, -0.15) is 0 Å². The van der Waals surface area contributed by atoms with Crippen LogP contribution in [0.25, 0.3) is 0 Å². The predicted octanol–water partition coefficient (Wildman–Crippen LogP) is 0.275. The molecular weight excluding hydrogens is 231 g/mol. The van der Waals surface area contributed by atoms with Crippen molar-refractivity contribution in [3.8, 4) is 0 Å². The van der Waals surface area contributed by atoms with Gasteiger partial charge in [-0.3, -0.25) is 9.59 Å². The van der Waals surface area contributed by atoms with Crippen LogP contribution in [0.4, 0.5) is 0 Å². The number of carboxylic acids is 2. The van der Waals surface area contributed by atoms with Crippen molar-refractivity contribution in [3.05, 3.63) is 0 Å². The molecule has 2 N–H and O–H groups in total. The fraction of sp³-hybridized carbons (Fsp3) is 0.833. The summed E-state index contributed by atoms with van der Waals surface area (Å²) in [5.41, 5.74) is 0. The molecule has 0 aliphatic rings. The Labute approximate surface area is 128 Å². The Morgan fingerprint density at radius 2 is 1.41 bits per heavy atom. The van der Waals surface area contributed by atoms with Gasteiger partial charge in [0.05, 0.1) is 5.92 Å². The summed E-state index contributed by atoms with van der Waals surface area (Å²) in [6.07, 6.45) is 4.61. The van der Waals surface area contributed by atoms with Gasteiger partial charge in [0.2, 0.25) is 0 Å². The minimum Gasteiger partial charge on any atom is -1.00 e. The fourth-order valence-electron chi connectivity index (χ4n) is 1.30. The first kappa shape index (κ1) is 22.1.